The number of pyridine rings is 1. The van der Waals surface area contributed by atoms with Gasteiger partial charge in [0.1, 0.15) is 5.82 Å². The van der Waals surface area contributed by atoms with Crippen molar-refractivity contribution in [2.24, 2.45) is 0 Å². The summed E-state index contributed by atoms with van der Waals surface area (Å²) in [7, 11) is 0. The fraction of sp³-hybridized carbons (Fsp3) is 0.308. The highest BCUT2D eigenvalue weighted by atomic mass is 16.1. The number of hydrogen-bond donors (Lipinski definition) is 2. The monoisotopic (exact) mass is 242 g/mol. The zero-order valence-electron chi connectivity index (χ0n) is 9.89. The normalized spacial score (nSPS) is 19.0. The van der Waals surface area contributed by atoms with Crippen LogP contribution in [0.2, 0.25) is 0 Å². The minimum atomic E-state index is -0.106. The van der Waals surface area contributed by atoms with Crippen LogP contribution in [0, 0.1) is 0 Å². The molecule has 0 saturated carbocycles. The molecule has 18 heavy (non-hydrogen) atoms. The molecule has 1 aliphatic rings. The summed E-state index contributed by atoms with van der Waals surface area (Å²) in [6.45, 7) is 1.88. The summed E-state index contributed by atoms with van der Waals surface area (Å²) >= 11 is 0. The maximum absolute atomic E-state index is 11.7. The van der Waals surface area contributed by atoms with Gasteiger partial charge < -0.3 is 10.3 Å². The van der Waals surface area contributed by atoms with Gasteiger partial charge in [-0.25, -0.2) is 4.98 Å². The van der Waals surface area contributed by atoms with E-state index in [0.717, 1.165) is 30.8 Å². The number of hydrogen-bond acceptors (Lipinski definition) is 4. The third-order valence-corrected chi connectivity index (χ3v) is 3.18. The van der Waals surface area contributed by atoms with Gasteiger partial charge in [-0.1, -0.05) is 0 Å². The lowest BCUT2D eigenvalue weighted by Crippen LogP contribution is -2.15. The second-order valence-electron chi connectivity index (χ2n) is 4.45. The van der Waals surface area contributed by atoms with E-state index in [4.69, 9.17) is 0 Å². The zero-order chi connectivity index (χ0) is 12.4. The van der Waals surface area contributed by atoms with Gasteiger partial charge in [0.05, 0.1) is 5.69 Å². The molecule has 2 aromatic heterocycles. The van der Waals surface area contributed by atoms with E-state index < -0.39 is 0 Å². The first kappa shape index (κ1) is 11.1. The molecule has 0 amide bonds. The van der Waals surface area contributed by atoms with Crippen LogP contribution in [0.1, 0.15) is 18.0 Å². The minimum Gasteiger partial charge on any atom is -0.316 e. The van der Waals surface area contributed by atoms with E-state index in [9.17, 15) is 4.79 Å². The molecule has 1 fully saturated rings. The lowest BCUT2D eigenvalue weighted by molar-refractivity contribution is 0.729. The fourth-order valence-electron chi connectivity index (χ4n) is 2.23. The highest BCUT2D eigenvalue weighted by Crippen LogP contribution is 2.21. The second kappa shape index (κ2) is 4.70. The van der Waals surface area contributed by atoms with Gasteiger partial charge in [0.25, 0.3) is 5.56 Å². The average Bonchev–Trinajstić information content (AvgIpc) is 2.93. The molecule has 1 unspecified atom stereocenters. The van der Waals surface area contributed by atoms with Crippen LogP contribution in [0.25, 0.3) is 11.4 Å². The van der Waals surface area contributed by atoms with E-state index in [0.29, 0.717) is 11.7 Å². The van der Waals surface area contributed by atoms with Crippen LogP contribution in [0.3, 0.4) is 0 Å². The predicted molar refractivity (Wildman–Crippen MR) is 68.3 cm³/mol. The highest BCUT2D eigenvalue weighted by molar-refractivity contribution is 5.52. The van der Waals surface area contributed by atoms with E-state index in [2.05, 4.69) is 20.3 Å². The molecule has 1 saturated heterocycles. The van der Waals surface area contributed by atoms with Crippen LogP contribution >= 0.6 is 0 Å². The Morgan fingerprint density at radius 2 is 2.33 bits per heavy atom. The maximum Gasteiger partial charge on any atom is 0.251 e. The summed E-state index contributed by atoms with van der Waals surface area (Å²) in [5.41, 5.74) is 1.59. The number of H-pyrrole nitrogens is 1. The van der Waals surface area contributed by atoms with Gasteiger partial charge >= 0.3 is 0 Å². The average molecular weight is 242 g/mol. The standard InChI is InChI=1S/C13H14N4O/c18-12-6-11(9-3-5-15-7-9)16-13(17-12)10-2-1-4-14-8-10/h1-2,4,6,8-9,15H,3,5,7H2,(H,16,17,18). The van der Waals surface area contributed by atoms with Crippen molar-refractivity contribution in [2.45, 2.75) is 12.3 Å². The number of aromatic nitrogens is 3. The number of rotatable bonds is 2. The van der Waals surface area contributed by atoms with Crippen molar-refractivity contribution in [1.82, 2.24) is 20.3 Å². The van der Waals surface area contributed by atoms with E-state index >= 15 is 0 Å². The lowest BCUT2D eigenvalue weighted by atomic mass is 10.0. The molecule has 2 N–H and O–H groups in total. The van der Waals surface area contributed by atoms with Crippen LogP contribution in [0.5, 0.6) is 0 Å². The first-order valence-corrected chi connectivity index (χ1v) is 6.05. The highest BCUT2D eigenvalue weighted by Gasteiger charge is 2.19. The molecule has 0 radical (unpaired) electrons. The quantitative estimate of drug-likeness (QED) is 0.821. The number of aromatic amines is 1. The van der Waals surface area contributed by atoms with E-state index in [1.54, 1.807) is 18.5 Å². The number of nitrogens with zero attached hydrogens (tertiary/aromatic N) is 2. The number of nitrogens with one attached hydrogen (secondary N) is 2. The third kappa shape index (κ3) is 2.17. The summed E-state index contributed by atoms with van der Waals surface area (Å²) in [5, 5.41) is 3.28. The van der Waals surface area contributed by atoms with Crippen molar-refractivity contribution in [3.05, 3.63) is 46.6 Å². The van der Waals surface area contributed by atoms with Crippen molar-refractivity contribution in [3.63, 3.8) is 0 Å². The van der Waals surface area contributed by atoms with Crippen LogP contribution in [0.4, 0.5) is 0 Å². The first-order valence-electron chi connectivity index (χ1n) is 6.05. The molecular formula is C13H14N4O. The molecule has 3 heterocycles. The molecule has 0 aromatic carbocycles. The van der Waals surface area contributed by atoms with E-state index in [1.807, 2.05) is 12.1 Å². The molecule has 1 aliphatic heterocycles. The Balaban J connectivity index is 2.03. The summed E-state index contributed by atoms with van der Waals surface area (Å²) < 4.78 is 0. The Hall–Kier alpha value is -2.01. The molecule has 0 bridgehead atoms. The van der Waals surface area contributed by atoms with Gasteiger partial charge in [-0.05, 0) is 25.1 Å². The Labute approximate surface area is 104 Å². The van der Waals surface area contributed by atoms with Gasteiger partial charge in [-0.3, -0.25) is 9.78 Å². The largest absolute Gasteiger partial charge is 0.316 e. The maximum atomic E-state index is 11.7. The van der Waals surface area contributed by atoms with Gasteiger partial charge in [0.15, 0.2) is 0 Å². The van der Waals surface area contributed by atoms with Crippen molar-refractivity contribution in [1.29, 1.82) is 0 Å². The van der Waals surface area contributed by atoms with Gasteiger partial charge in [-0.2, -0.15) is 0 Å². The third-order valence-electron chi connectivity index (χ3n) is 3.18. The summed E-state index contributed by atoms with van der Waals surface area (Å²) in [6.07, 6.45) is 4.43. The minimum absolute atomic E-state index is 0.106. The van der Waals surface area contributed by atoms with Crippen molar-refractivity contribution in [2.75, 3.05) is 13.1 Å². The topological polar surface area (TPSA) is 70.7 Å². The summed E-state index contributed by atoms with van der Waals surface area (Å²) in [5.74, 6) is 0.931. The molecule has 0 aliphatic carbocycles. The van der Waals surface area contributed by atoms with Crippen molar-refractivity contribution in [3.8, 4) is 11.4 Å². The summed E-state index contributed by atoms with van der Waals surface area (Å²) in [4.78, 5) is 23.1. The Kier molecular flexibility index (Phi) is 2.90. The van der Waals surface area contributed by atoms with Crippen molar-refractivity contribution < 1.29 is 0 Å². The molecule has 92 valence electrons. The molecule has 5 heteroatoms. The van der Waals surface area contributed by atoms with Crippen LogP contribution < -0.4 is 10.9 Å². The van der Waals surface area contributed by atoms with Gasteiger partial charge in [0, 0.05) is 36.5 Å². The second-order valence-corrected chi connectivity index (χ2v) is 4.45. The van der Waals surface area contributed by atoms with Crippen LogP contribution in [-0.2, 0) is 0 Å². The van der Waals surface area contributed by atoms with Crippen molar-refractivity contribution >= 4 is 0 Å². The Morgan fingerprint density at radius 3 is 3.06 bits per heavy atom. The lowest BCUT2D eigenvalue weighted by Gasteiger charge is -2.08. The zero-order valence-corrected chi connectivity index (χ0v) is 9.89. The van der Waals surface area contributed by atoms with Crippen LogP contribution in [0.15, 0.2) is 35.4 Å². The Morgan fingerprint density at radius 1 is 1.39 bits per heavy atom. The smallest absolute Gasteiger partial charge is 0.251 e. The summed E-state index contributed by atoms with van der Waals surface area (Å²) in [6, 6.07) is 5.32. The SMILES string of the molecule is O=c1cc(C2CCNC2)nc(-c2cccnc2)[nH]1. The van der Waals surface area contributed by atoms with Crippen LogP contribution in [-0.4, -0.2) is 28.0 Å². The molecule has 1 atom stereocenters. The first-order chi connectivity index (χ1) is 8.83. The molecule has 2 aromatic rings. The molecule has 3 rings (SSSR count). The Bertz CT molecular complexity index is 587. The van der Waals surface area contributed by atoms with E-state index in [-0.39, 0.29) is 5.56 Å². The molecule has 5 nitrogen and oxygen atoms in total. The van der Waals surface area contributed by atoms with Gasteiger partial charge in [0.2, 0.25) is 0 Å². The molecular weight excluding hydrogens is 228 g/mol. The predicted octanol–water partition coefficient (Wildman–Crippen LogP) is 0.909. The fourth-order valence-corrected chi connectivity index (χ4v) is 2.23. The molecule has 0 spiro atoms. The van der Waals surface area contributed by atoms with E-state index in [1.165, 1.54) is 0 Å². The van der Waals surface area contributed by atoms with Gasteiger partial charge in [-0.15, -0.1) is 0 Å².